The lowest BCUT2D eigenvalue weighted by Gasteiger charge is -2.37. The number of carbonyl (C=O) groups is 1. The van der Waals surface area contributed by atoms with E-state index in [1.807, 2.05) is 0 Å². The molecule has 0 aromatic carbocycles. The van der Waals surface area contributed by atoms with E-state index < -0.39 is 0 Å². The highest BCUT2D eigenvalue weighted by molar-refractivity contribution is 5.78. The summed E-state index contributed by atoms with van der Waals surface area (Å²) in [5, 5.41) is 0. The van der Waals surface area contributed by atoms with E-state index >= 15 is 0 Å². The van der Waals surface area contributed by atoms with Crippen LogP contribution in [0.1, 0.15) is 32.6 Å². The standard InChI is InChI=1S/C16H29N3O/c1-13-3-8-18(9-4-13)16(20)12-19-10-6-14-5-7-17(2)11-15(14)19/h13-15H,3-12H2,1-2H3/t14-,15-/m0/s1. The first kappa shape index (κ1) is 14.3. The van der Waals surface area contributed by atoms with E-state index in [-0.39, 0.29) is 0 Å². The van der Waals surface area contributed by atoms with Crippen molar-refractivity contribution >= 4 is 5.91 Å². The first-order valence-electron chi connectivity index (χ1n) is 8.34. The Balaban J connectivity index is 1.53. The second kappa shape index (κ2) is 6.02. The van der Waals surface area contributed by atoms with E-state index in [2.05, 4.69) is 28.7 Å². The number of rotatable bonds is 2. The average Bonchev–Trinajstić information content (AvgIpc) is 2.82. The molecule has 0 unspecified atom stereocenters. The molecule has 3 heterocycles. The second-order valence-electron chi connectivity index (χ2n) is 7.20. The number of likely N-dealkylation sites (N-methyl/N-ethyl adjacent to an activating group) is 1. The molecule has 4 heteroatoms. The van der Waals surface area contributed by atoms with Crippen molar-refractivity contribution in [1.29, 1.82) is 0 Å². The van der Waals surface area contributed by atoms with Crippen LogP contribution in [0, 0.1) is 11.8 Å². The van der Waals surface area contributed by atoms with Gasteiger partial charge in [-0.1, -0.05) is 6.92 Å². The molecule has 0 aliphatic carbocycles. The van der Waals surface area contributed by atoms with E-state index in [4.69, 9.17) is 0 Å². The Bertz CT molecular complexity index is 352. The lowest BCUT2D eigenvalue weighted by Crippen LogP contribution is -2.50. The largest absolute Gasteiger partial charge is 0.342 e. The molecular formula is C16H29N3O. The Morgan fingerprint density at radius 3 is 2.50 bits per heavy atom. The summed E-state index contributed by atoms with van der Waals surface area (Å²) in [6.45, 7) is 8.40. The first-order chi connectivity index (χ1) is 9.63. The van der Waals surface area contributed by atoms with Crippen LogP contribution in [0.5, 0.6) is 0 Å². The Labute approximate surface area is 123 Å². The molecule has 0 bridgehead atoms. The van der Waals surface area contributed by atoms with Crippen LogP contribution in [0.25, 0.3) is 0 Å². The molecule has 0 radical (unpaired) electrons. The minimum absolute atomic E-state index is 0.366. The summed E-state index contributed by atoms with van der Waals surface area (Å²) >= 11 is 0. The van der Waals surface area contributed by atoms with Gasteiger partial charge in [0.05, 0.1) is 6.54 Å². The molecule has 0 aromatic rings. The predicted octanol–water partition coefficient (Wildman–Crippen LogP) is 1.27. The maximum absolute atomic E-state index is 12.5. The molecule has 3 fully saturated rings. The second-order valence-corrected chi connectivity index (χ2v) is 7.20. The summed E-state index contributed by atoms with van der Waals surface area (Å²) in [5.41, 5.74) is 0. The van der Waals surface area contributed by atoms with Crippen LogP contribution in [0.3, 0.4) is 0 Å². The van der Waals surface area contributed by atoms with E-state index in [1.165, 1.54) is 32.2 Å². The molecule has 20 heavy (non-hydrogen) atoms. The summed E-state index contributed by atoms with van der Waals surface area (Å²) in [5.74, 6) is 1.99. The molecule has 0 N–H and O–H groups in total. The van der Waals surface area contributed by atoms with Gasteiger partial charge in [-0.3, -0.25) is 9.69 Å². The van der Waals surface area contributed by atoms with E-state index in [0.717, 1.165) is 38.0 Å². The van der Waals surface area contributed by atoms with E-state index in [9.17, 15) is 4.79 Å². The maximum Gasteiger partial charge on any atom is 0.236 e. The molecule has 0 saturated carbocycles. The molecule has 0 aromatic heterocycles. The van der Waals surface area contributed by atoms with Gasteiger partial charge in [0, 0.05) is 25.7 Å². The van der Waals surface area contributed by atoms with Crippen LogP contribution in [0.4, 0.5) is 0 Å². The van der Waals surface area contributed by atoms with Crippen LogP contribution in [0.2, 0.25) is 0 Å². The molecular weight excluding hydrogens is 250 g/mol. The van der Waals surface area contributed by atoms with Gasteiger partial charge >= 0.3 is 0 Å². The summed E-state index contributed by atoms with van der Waals surface area (Å²) < 4.78 is 0. The SMILES string of the molecule is CC1CCN(C(=O)CN2CC[C@@H]3CCN(C)C[C@@H]32)CC1. The van der Waals surface area contributed by atoms with Crippen LogP contribution in [-0.2, 0) is 4.79 Å². The Kier molecular flexibility index (Phi) is 4.32. The quantitative estimate of drug-likeness (QED) is 0.762. The zero-order valence-corrected chi connectivity index (χ0v) is 13.1. The Morgan fingerprint density at radius 2 is 1.75 bits per heavy atom. The van der Waals surface area contributed by atoms with Crippen molar-refractivity contribution in [2.75, 3.05) is 46.3 Å². The van der Waals surface area contributed by atoms with Crippen molar-refractivity contribution in [1.82, 2.24) is 14.7 Å². The highest BCUT2D eigenvalue weighted by Gasteiger charge is 2.38. The van der Waals surface area contributed by atoms with Gasteiger partial charge in [0.25, 0.3) is 0 Å². The van der Waals surface area contributed by atoms with Crippen LogP contribution >= 0.6 is 0 Å². The molecule has 1 amide bonds. The molecule has 3 rings (SSSR count). The van der Waals surface area contributed by atoms with Crippen molar-refractivity contribution in [3.8, 4) is 0 Å². The number of hydrogen-bond donors (Lipinski definition) is 0. The highest BCUT2D eigenvalue weighted by Crippen LogP contribution is 2.31. The number of fused-ring (bicyclic) bond motifs is 1. The molecule has 3 aliphatic rings. The minimum atomic E-state index is 0.366. The number of nitrogens with zero attached hydrogens (tertiary/aromatic N) is 3. The molecule has 114 valence electrons. The van der Waals surface area contributed by atoms with Crippen LogP contribution in [-0.4, -0.2) is 73.0 Å². The van der Waals surface area contributed by atoms with Gasteiger partial charge in [0.1, 0.15) is 0 Å². The topological polar surface area (TPSA) is 26.8 Å². The van der Waals surface area contributed by atoms with Gasteiger partial charge in [-0.2, -0.15) is 0 Å². The van der Waals surface area contributed by atoms with Crippen molar-refractivity contribution in [3.05, 3.63) is 0 Å². The molecule has 0 spiro atoms. The van der Waals surface area contributed by atoms with Crippen molar-refractivity contribution in [2.24, 2.45) is 11.8 Å². The van der Waals surface area contributed by atoms with Crippen LogP contribution < -0.4 is 0 Å². The predicted molar refractivity (Wildman–Crippen MR) is 80.6 cm³/mol. The number of likely N-dealkylation sites (tertiary alicyclic amines) is 3. The fourth-order valence-corrected chi connectivity index (χ4v) is 4.11. The summed E-state index contributed by atoms with van der Waals surface area (Å²) in [6, 6.07) is 0.626. The fraction of sp³-hybridized carbons (Fsp3) is 0.938. The van der Waals surface area contributed by atoms with Crippen molar-refractivity contribution in [2.45, 2.75) is 38.6 Å². The van der Waals surface area contributed by atoms with Crippen molar-refractivity contribution in [3.63, 3.8) is 0 Å². The van der Waals surface area contributed by atoms with Gasteiger partial charge in [-0.25, -0.2) is 0 Å². The Hall–Kier alpha value is -0.610. The first-order valence-corrected chi connectivity index (χ1v) is 8.34. The summed E-state index contributed by atoms with van der Waals surface area (Å²) in [7, 11) is 2.21. The smallest absolute Gasteiger partial charge is 0.236 e. The van der Waals surface area contributed by atoms with Gasteiger partial charge in [0.15, 0.2) is 0 Å². The third-order valence-electron chi connectivity index (χ3n) is 5.66. The number of piperidine rings is 2. The van der Waals surface area contributed by atoms with Gasteiger partial charge in [-0.05, 0) is 57.7 Å². The Morgan fingerprint density at radius 1 is 1.05 bits per heavy atom. The lowest BCUT2D eigenvalue weighted by molar-refractivity contribution is -0.134. The number of amides is 1. The summed E-state index contributed by atoms with van der Waals surface area (Å²) in [4.78, 5) is 19.5. The summed E-state index contributed by atoms with van der Waals surface area (Å²) in [6.07, 6.45) is 4.97. The normalized spacial score (nSPS) is 33.4. The third-order valence-corrected chi connectivity index (χ3v) is 5.66. The molecule has 3 aliphatic heterocycles. The third kappa shape index (κ3) is 3.01. The lowest BCUT2D eigenvalue weighted by atomic mass is 9.92. The van der Waals surface area contributed by atoms with Crippen LogP contribution in [0.15, 0.2) is 0 Å². The molecule has 2 atom stereocenters. The van der Waals surface area contributed by atoms with E-state index in [0.29, 0.717) is 18.5 Å². The number of carbonyl (C=O) groups excluding carboxylic acids is 1. The number of hydrogen-bond acceptors (Lipinski definition) is 3. The van der Waals surface area contributed by atoms with Gasteiger partial charge in [-0.15, -0.1) is 0 Å². The maximum atomic E-state index is 12.5. The minimum Gasteiger partial charge on any atom is -0.342 e. The zero-order valence-electron chi connectivity index (χ0n) is 13.1. The van der Waals surface area contributed by atoms with Gasteiger partial charge < -0.3 is 9.80 Å². The molecule has 4 nitrogen and oxygen atoms in total. The van der Waals surface area contributed by atoms with E-state index in [1.54, 1.807) is 0 Å². The van der Waals surface area contributed by atoms with Gasteiger partial charge in [0.2, 0.25) is 5.91 Å². The fourth-order valence-electron chi connectivity index (χ4n) is 4.11. The molecule has 3 saturated heterocycles. The van der Waals surface area contributed by atoms with Crippen molar-refractivity contribution < 1.29 is 4.79 Å². The monoisotopic (exact) mass is 279 g/mol. The highest BCUT2D eigenvalue weighted by atomic mass is 16.2. The average molecular weight is 279 g/mol. The zero-order chi connectivity index (χ0) is 14.1.